The number of ether oxygens (including phenoxy) is 1. The smallest absolute Gasteiger partial charge is 0.333 e. The summed E-state index contributed by atoms with van der Waals surface area (Å²) in [6, 6.07) is 0. The molecule has 0 aliphatic carbocycles. The zero-order valence-corrected chi connectivity index (χ0v) is 12.1. The second-order valence-corrected chi connectivity index (χ2v) is 5.40. The average Bonchev–Trinajstić information content (AvgIpc) is 2.59. The van der Waals surface area contributed by atoms with Gasteiger partial charge in [-0.25, -0.2) is 4.79 Å². The molecule has 0 amide bonds. The van der Waals surface area contributed by atoms with Crippen molar-refractivity contribution in [3.63, 3.8) is 0 Å². The molecule has 0 unspecified atom stereocenters. The maximum Gasteiger partial charge on any atom is 0.333 e. The Bertz CT molecular complexity index is 465. The van der Waals surface area contributed by atoms with Crippen molar-refractivity contribution < 1.29 is 9.53 Å². The lowest BCUT2D eigenvalue weighted by molar-refractivity contribution is -0.138. The van der Waals surface area contributed by atoms with Crippen LogP contribution in [-0.4, -0.2) is 22.4 Å². The third-order valence-electron chi connectivity index (χ3n) is 2.54. The highest BCUT2D eigenvalue weighted by Crippen LogP contribution is 2.25. The minimum atomic E-state index is -0.277. The Kier molecular flexibility index (Phi) is 4.33. The molecule has 1 aromatic heterocycles. The predicted molar refractivity (Wildman–Crippen MR) is 72.2 cm³/mol. The van der Waals surface area contributed by atoms with Crippen LogP contribution in [0.2, 0.25) is 0 Å². The minimum absolute atomic E-state index is 0.0535. The van der Waals surface area contributed by atoms with Crippen molar-refractivity contribution in [3.8, 4) is 0 Å². The van der Waals surface area contributed by atoms with Gasteiger partial charge in [0.1, 0.15) is 0 Å². The van der Waals surface area contributed by atoms with Crippen LogP contribution in [0.25, 0.3) is 6.08 Å². The van der Waals surface area contributed by atoms with Gasteiger partial charge in [0.15, 0.2) is 0 Å². The van der Waals surface area contributed by atoms with Crippen molar-refractivity contribution >= 4 is 12.0 Å². The van der Waals surface area contributed by atoms with Crippen molar-refractivity contribution in [2.75, 3.05) is 6.61 Å². The fourth-order valence-electron chi connectivity index (χ4n) is 1.73. The first-order valence-electron chi connectivity index (χ1n) is 6.15. The molecule has 1 rings (SSSR count). The Morgan fingerprint density at radius 3 is 2.61 bits per heavy atom. The molecule has 1 heterocycles. The summed E-state index contributed by atoms with van der Waals surface area (Å²) in [4.78, 5) is 11.6. The lowest BCUT2D eigenvalue weighted by Crippen LogP contribution is -2.14. The SMILES string of the molecule is CCOC(=O)C(C)=Cc1cn(C)nc1C(C)(C)C. The quantitative estimate of drug-likeness (QED) is 0.612. The van der Waals surface area contributed by atoms with E-state index in [1.807, 2.05) is 19.3 Å². The van der Waals surface area contributed by atoms with Crippen LogP contribution in [0.1, 0.15) is 45.9 Å². The maximum absolute atomic E-state index is 11.6. The predicted octanol–water partition coefficient (Wildman–Crippen LogP) is 2.68. The van der Waals surface area contributed by atoms with E-state index in [1.54, 1.807) is 18.5 Å². The van der Waals surface area contributed by atoms with Crippen LogP contribution in [-0.2, 0) is 22.0 Å². The summed E-state index contributed by atoms with van der Waals surface area (Å²) in [6.45, 7) is 10.3. The molecule has 0 aliphatic rings. The van der Waals surface area contributed by atoms with Crippen LogP contribution in [0.3, 0.4) is 0 Å². The van der Waals surface area contributed by atoms with E-state index in [9.17, 15) is 4.79 Å². The Hall–Kier alpha value is -1.58. The summed E-state index contributed by atoms with van der Waals surface area (Å²) >= 11 is 0. The number of carbonyl (C=O) groups excluding carboxylic acids is 1. The molecule has 0 saturated carbocycles. The summed E-state index contributed by atoms with van der Waals surface area (Å²) in [5.41, 5.74) is 2.49. The average molecular weight is 250 g/mol. The first kappa shape index (κ1) is 14.5. The molecular weight excluding hydrogens is 228 g/mol. The van der Waals surface area contributed by atoms with E-state index in [0.29, 0.717) is 12.2 Å². The van der Waals surface area contributed by atoms with E-state index in [0.717, 1.165) is 11.3 Å². The molecule has 4 heteroatoms. The summed E-state index contributed by atoms with van der Waals surface area (Å²) in [6.07, 6.45) is 3.76. The van der Waals surface area contributed by atoms with Crippen molar-refractivity contribution in [1.82, 2.24) is 9.78 Å². The van der Waals surface area contributed by atoms with E-state index in [-0.39, 0.29) is 11.4 Å². The van der Waals surface area contributed by atoms with Gasteiger partial charge in [0.2, 0.25) is 0 Å². The number of carbonyl (C=O) groups is 1. The number of aryl methyl sites for hydroxylation is 1. The minimum Gasteiger partial charge on any atom is -0.463 e. The normalized spacial score (nSPS) is 12.7. The molecule has 18 heavy (non-hydrogen) atoms. The monoisotopic (exact) mass is 250 g/mol. The molecule has 0 fully saturated rings. The lowest BCUT2D eigenvalue weighted by Gasteiger charge is -2.16. The molecule has 0 N–H and O–H groups in total. The van der Waals surface area contributed by atoms with E-state index in [4.69, 9.17) is 4.74 Å². The van der Waals surface area contributed by atoms with E-state index in [1.165, 1.54) is 0 Å². The van der Waals surface area contributed by atoms with Gasteiger partial charge in [-0.05, 0) is 19.9 Å². The largest absolute Gasteiger partial charge is 0.463 e. The standard InChI is InChI=1S/C14H22N2O2/c1-7-18-13(17)10(2)8-11-9-16(6)15-12(11)14(3,4)5/h8-9H,7H2,1-6H3. The van der Waals surface area contributed by atoms with E-state index in [2.05, 4.69) is 25.9 Å². The van der Waals surface area contributed by atoms with Crippen molar-refractivity contribution in [3.05, 3.63) is 23.0 Å². The van der Waals surface area contributed by atoms with Crippen LogP contribution < -0.4 is 0 Å². The Balaban J connectivity index is 3.11. The number of rotatable bonds is 3. The van der Waals surface area contributed by atoms with Crippen molar-refractivity contribution in [2.45, 2.75) is 40.0 Å². The van der Waals surface area contributed by atoms with Gasteiger partial charge in [-0.3, -0.25) is 4.68 Å². The highest BCUT2D eigenvalue weighted by molar-refractivity contribution is 5.93. The van der Waals surface area contributed by atoms with Crippen LogP contribution in [0.5, 0.6) is 0 Å². The number of aromatic nitrogens is 2. The third-order valence-corrected chi connectivity index (χ3v) is 2.54. The van der Waals surface area contributed by atoms with Crippen LogP contribution in [0.4, 0.5) is 0 Å². The molecule has 0 spiro atoms. The second-order valence-electron chi connectivity index (χ2n) is 5.40. The van der Waals surface area contributed by atoms with Gasteiger partial charge in [-0.1, -0.05) is 20.8 Å². The zero-order chi connectivity index (χ0) is 13.9. The number of hydrogen-bond acceptors (Lipinski definition) is 3. The Morgan fingerprint density at radius 1 is 1.50 bits per heavy atom. The molecule has 0 saturated heterocycles. The zero-order valence-electron chi connectivity index (χ0n) is 12.1. The van der Waals surface area contributed by atoms with Crippen molar-refractivity contribution in [1.29, 1.82) is 0 Å². The summed E-state index contributed by atoms with van der Waals surface area (Å²) in [5, 5.41) is 4.46. The van der Waals surface area contributed by atoms with E-state index >= 15 is 0 Å². The van der Waals surface area contributed by atoms with Gasteiger partial charge in [-0.15, -0.1) is 0 Å². The van der Waals surface area contributed by atoms with Gasteiger partial charge in [0.05, 0.1) is 12.3 Å². The number of nitrogens with zero attached hydrogens (tertiary/aromatic N) is 2. The first-order chi connectivity index (χ1) is 8.25. The highest BCUT2D eigenvalue weighted by atomic mass is 16.5. The molecular formula is C14H22N2O2. The van der Waals surface area contributed by atoms with Crippen molar-refractivity contribution in [2.24, 2.45) is 7.05 Å². The molecule has 100 valence electrons. The summed E-state index contributed by atoms with van der Waals surface area (Å²) < 4.78 is 6.74. The van der Waals surface area contributed by atoms with E-state index < -0.39 is 0 Å². The number of hydrogen-bond donors (Lipinski definition) is 0. The Labute approximate surface area is 109 Å². The highest BCUT2D eigenvalue weighted by Gasteiger charge is 2.21. The van der Waals surface area contributed by atoms with Gasteiger partial charge < -0.3 is 4.74 Å². The number of esters is 1. The summed E-state index contributed by atoms with van der Waals surface area (Å²) in [5.74, 6) is -0.277. The molecule has 4 nitrogen and oxygen atoms in total. The fourth-order valence-corrected chi connectivity index (χ4v) is 1.73. The third kappa shape index (κ3) is 3.45. The van der Waals surface area contributed by atoms with Gasteiger partial charge in [0.25, 0.3) is 0 Å². The topological polar surface area (TPSA) is 44.1 Å². The van der Waals surface area contributed by atoms with Gasteiger partial charge >= 0.3 is 5.97 Å². The molecule has 0 radical (unpaired) electrons. The lowest BCUT2D eigenvalue weighted by atomic mass is 9.89. The molecule has 0 atom stereocenters. The first-order valence-corrected chi connectivity index (χ1v) is 6.15. The van der Waals surface area contributed by atoms with Crippen LogP contribution >= 0.6 is 0 Å². The second kappa shape index (κ2) is 5.38. The summed E-state index contributed by atoms with van der Waals surface area (Å²) in [7, 11) is 1.88. The van der Waals surface area contributed by atoms with Crippen LogP contribution in [0, 0.1) is 0 Å². The van der Waals surface area contributed by atoms with Gasteiger partial charge in [-0.2, -0.15) is 5.10 Å². The molecule has 1 aromatic rings. The molecule has 0 bridgehead atoms. The molecule has 0 aromatic carbocycles. The van der Waals surface area contributed by atoms with Gasteiger partial charge in [0, 0.05) is 29.8 Å². The van der Waals surface area contributed by atoms with Crippen LogP contribution in [0.15, 0.2) is 11.8 Å². The fraction of sp³-hybridized carbons (Fsp3) is 0.571. The Morgan fingerprint density at radius 2 is 2.11 bits per heavy atom. The molecule has 0 aliphatic heterocycles. The maximum atomic E-state index is 11.6.